The highest BCUT2D eigenvalue weighted by Crippen LogP contribution is 2.44. The lowest BCUT2D eigenvalue weighted by Crippen LogP contribution is -2.49. The Kier molecular flexibility index (Phi) is 9.75. The van der Waals surface area contributed by atoms with Crippen molar-refractivity contribution in [3.8, 4) is 16.9 Å². The van der Waals surface area contributed by atoms with E-state index in [1.54, 1.807) is 12.1 Å². The molecule has 0 bridgehead atoms. The van der Waals surface area contributed by atoms with Gasteiger partial charge in [0.15, 0.2) is 0 Å². The maximum absolute atomic E-state index is 12.6. The number of nitrogens with two attached hydrogens (primary N) is 1. The van der Waals surface area contributed by atoms with E-state index in [1.165, 1.54) is 30.4 Å². The first kappa shape index (κ1) is 28.6. The van der Waals surface area contributed by atoms with E-state index in [2.05, 4.69) is 34.9 Å². The average molecular weight is 546 g/mol. The van der Waals surface area contributed by atoms with E-state index in [0.717, 1.165) is 16.7 Å². The second kappa shape index (κ2) is 13.6. The Bertz CT molecular complexity index is 1280. The van der Waals surface area contributed by atoms with Crippen molar-refractivity contribution in [2.24, 2.45) is 5.73 Å². The van der Waals surface area contributed by atoms with Crippen LogP contribution in [0.15, 0.2) is 72.8 Å². The number of benzene rings is 3. The first-order chi connectivity index (χ1) is 19.4. The number of methoxy groups -OCH3 is 1. The van der Waals surface area contributed by atoms with Crippen molar-refractivity contribution in [2.75, 3.05) is 20.3 Å². The van der Waals surface area contributed by atoms with E-state index in [1.807, 2.05) is 24.3 Å². The number of phenolic OH excluding ortho intramolecular Hbond substituents is 1. The molecule has 0 saturated heterocycles. The van der Waals surface area contributed by atoms with E-state index in [-0.39, 0.29) is 24.7 Å². The van der Waals surface area contributed by atoms with Crippen molar-refractivity contribution in [1.82, 2.24) is 10.6 Å². The smallest absolute Gasteiger partial charge is 0.407 e. The molecule has 210 valence electrons. The fourth-order valence-corrected chi connectivity index (χ4v) is 4.94. The Morgan fingerprint density at radius 3 is 2.17 bits per heavy atom. The third-order valence-electron chi connectivity index (χ3n) is 7.07. The number of carbonyl (C=O) groups is 3. The zero-order valence-corrected chi connectivity index (χ0v) is 22.5. The van der Waals surface area contributed by atoms with Crippen LogP contribution in [0.25, 0.3) is 11.1 Å². The number of unbranched alkanes of at least 4 members (excludes halogenated alkanes) is 1. The lowest BCUT2D eigenvalue weighted by Gasteiger charge is -2.19. The van der Waals surface area contributed by atoms with Crippen molar-refractivity contribution in [1.29, 1.82) is 0 Å². The summed E-state index contributed by atoms with van der Waals surface area (Å²) in [5.74, 6) is -0.936. The fourth-order valence-electron chi connectivity index (χ4n) is 4.94. The molecule has 0 aliphatic heterocycles. The molecule has 0 unspecified atom stereocenters. The molecule has 0 spiro atoms. The molecule has 9 heteroatoms. The quantitative estimate of drug-likeness (QED) is 0.201. The van der Waals surface area contributed by atoms with Crippen LogP contribution in [0.4, 0.5) is 4.79 Å². The number of hydrogen-bond acceptors (Lipinski definition) is 7. The van der Waals surface area contributed by atoms with Gasteiger partial charge in [0.1, 0.15) is 18.4 Å². The normalized spacial score (nSPS) is 13.4. The Morgan fingerprint density at radius 1 is 0.925 bits per heavy atom. The van der Waals surface area contributed by atoms with Gasteiger partial charge in [-0.25, -0.2) is 9.59 Å². The molecule has 2 amide bonds. The molecular weight excluding hydrogens is 510 g/mol. The summed E-state index contributed by atoms with van der Waals surface area (Å²) in [6, 6.07) is 21.0. The van der Waals surface area contributed by atoms with Crippen molar-refractivity contribution in [2.45, 2.75) is 43.7 Å². The Balaban J connectivity index is 1.16. The summed E-state index contributed by atoms with van der Waals surface area (Å²) in [5.41, 5.74) is 11.5. The summed E-state index contributed by atoms with van der Waals surface area (Å²) in [6.45, 7) is 0.632. The van der Waals surface area contributed by atoms with Crippen LogP contribution in [0.3, 0.4) is 0 Å². The molecule has 3 aromatic carbocycles. The number of hydrogen-bond donors (Lipinski definition) is 4. The second-order valence-corrected chi connectivity index (χ2v) is 9.81. The van der Waals surface area contributed by atoms with Gasteiger partial charge in [-0.15, -0.1) is 0 Å². The van der Waals surface area contributed by atoms with Crippen LogP contribution in [-0.4, -0.2) is 55.4 Å². The van der Waals surface area contributed by atoms with Gasteiger partial charge in [-0.2, -0.15) is 0 Å². The molecule has 1 aliphatic carbocycles. The molecule has 5 N–H and O–H groups in total. The van der Waals surface area contributed by atoms with Crippen molar-refractivity contribution >= 4 is 18.0 Å². The first-order valence-electron chi connectivity index (χ1n) is 13.4. The third-order valence-corrected chi connectivity index (χ3v) is 7.07. The van der Waals surface area contributed by atoms with E-state index in [0.29, 0.717) is 25.8 Å². The van der Waals surface area contributed by atoms with E-state index in [9.17, 15) is 19.5 Å². The Hall–Kier alpha value is -4.37. The van der Waals surface area contributed by atoms with Gasteiger partial charge < -0.3 is 30.9 Å². The number of aromatic hydroxyl groups is 1. The SMILES string of the molecule is COC(=O)[C@H](Cc1ccc(O)cc1)NC(=O)[C@@H](N)CCCCNC(=O)OCC1c2ccccc2-c2ccccc21. The van der Waals surface area contributed by atoms with Crippen molar-refractivity contribution in [3.05, 3.63) is 89.5 Å². The molecule has 4 rings (SSSR count). The lowest BCUT2D eigenvalue weighted by atomic mass is 9.98. The molecule has 0 heterocycles. The molecule has 2 atom stereocenters. The maximum Gasteiger partial charge on any atom is 0.407 e. The van der Waals surface area contributed by atoms with Crippen LogP contribution < -0.4 is 16.4 Å². The summed E-state index contributed by atoms with van der Waals surface area (Å²) in [6.07, 6.45) is 1.30. The number of phenols is 1. The fraction of sp³-hybridized carbons (Fsp3) is 0.323. The van der Waals surface area contributed by atoms with Gasteiger partial charge in [0.05, 0.1) is 13.2 Å². The molecule has 9 nitrogen and oxygen atoms in total. The highest BCUT2D eigenvalue weighted by molar-refractivity contribution is 5.87. The van der Waals surface area contributed by atoms with Crippen LogP contribution >= 0.6 is 0 Å². The largest absolute Gasteiger partial charge is 0.508 e. The zero-order chi connectivity index (χ0) is 28.5. The van der Waals surface area contributed by atoms with Crippen LogP contribution in [0.2, 0.25) is 0 Å². The molecule has 0 radical (unpaired) electrons. The number of rotatable bonds is 12. The zero-order valence-electron chi connectivity index (χ0n) is 22.5. The minimum absolute atomic E-state index is 0.00230. The van der Waals surface area contributed by atoms with Gasteiger partial charge in [0.25, 0.3) is 0 Å². The van der Waals surface area contributed by atoms with Gasteiger partial charge in [0, 0.05) is 18.9 Å². The lowest BCUT2D eigenvalue weighted by molar-refractivity contribution is -0.145. The standard InChI is InChI=1S/C31H35N3O6/c1-39-30(37)28(18-20-13-15-21(35)16-14-20)34-29(36)27(32)12-6-7-17-33-31(38)40-19-26-24-10-4-2-8-22(24)23-9-3-5-11-25(23)26/h2-5,8-11,13-16,26-28,35H,6-7,12,17-19,32H2,1H3,(H,33,38)(H,34,36)/t27-,28-/m0/s1. The maximum atomic E-state index is 12.6. The minimum atomic E-state index is -0.900. The molecule has 40 heavy (non-hydrogen) atoms. The molecular formula is C31H35N3O6. The van der Waals surface area contributed by atoms with Gasteiger partial charge in [-0.3, -0.25) is 4.79 Å². The highest BCUT2D eigenvalue weighted by Gasteiger charge is 2.29. The summed E-state index contributed by atoms with van der Waals surface area (Å²) in [7, 11) is 1.25. The topological polar surface area (TPSA) is 140 Å². The van der Waals surface area contributed by atoms with Crippen molar-refractivity contribution < 1.29 is 29.0 Å². The molecule has 0 aromatic heterocycles. The minimum Gasteiger partial charge on any atom is -0.508 e. The van der Waals surface area contributed by atoms with Crippen LogP contribution in [0.1, 0.15) is 41.9 Å². The molecule has 0 fully saturated rings. The predicted octanol–water partition coefficient (Wildman–Crippen LogP) is 3.63. The number of carbonyl (C=O) groups excluding carboxylic acids is 3. The number of fused-ring (bicyclic) bond motifs is 3. The van der Waals surface area contributed by atoms with E-state index >= 15 is 0 Å². The van der Waals surface area contributed by atoms with Gasteiger partial charge in [-0.05, 0) is 59.2 Å². The van der Waals surface area contributed by atoms with Crippen LogP contribution in [0, 0.1) is 0 Å². The summed E-state index contributed by atoms with van der Waals surface area (Å²) >= 11 is 0. The number of alkyl carbamates (subject to hydrolysis) is 1. The number of nitrogens with one attached hydrogen (secondary N) is 2. The Morgan fingerprint density at radius 2 is 1.55 bits per heavy atom. The first-order valence-corrected chi connectivity index (χ1v) is 13.4. The highest BCUT2D eigenvalue weighted by atomic mass is 16.5. The van der Waals surface area contributed by atoms with Gasteiger partial charge in [0.2, 0.25) is 5.91 Å². The number of amides is 2. The molecule has 1 aliphatic rings. The number of ether oxygens (including phenoxy) is 2. The molecule has 3 aromatic rings. The van der Waals surface area contributed by atoms with E-state index in [4.69, 9.17) is 15.2 Å². The summed E-state index contributed by atoms with van der Waals surface area (Å²) in [4.78, 5) is 37.1. The molecule has 0 saturated carbocycles. The van der Waals surface area contributed by atoms with Crippen LogP contribution in [-0.2, 0) is 25.5 Å². The van der Waals surface area contributed by atoms with Crippen LogP contribution in [0.5, 0.6) is 5.75 Å². The third kappa shape index (κ3) is 7.18. The summed E-state index contributed by atoms with van der Waals surface area (Å²) < 4.78 is 10.4. The number of esters is 1. The average Bonchev–Trinajstić information content (AvgIpc) is 3.29. The second-order valence-electron chi connectivity index (χ2n) is 9.81. The van der Waals surface area contributed by atoms with Crippen molar-refractivity contribution in [3.63, 3.8) is 0 Å². The Labute approximate surface area is 233 Å². The predicted molar refractivity (Wildman–Crippen MR) is 151 cm³/mol. The van der Waals surface area contributed by atoms with Gasteiger partial charge in [-0.1, -0.05) is 60.7 Å². The van der Waals surface area contributed by atoms with E-state index < -0.39 is 30.1 Å². The van der Waals surface area contributed by atoms with Gasteiger partial charge >= 0.3 is 12.1 Å². The summed E-state index contributed by atoms with van der Waals surface area (Å²) in [5, 5.41) is 14.9. The monoisotopic (exact) mass is 545 g/mol.